The quantitative estimate of drug-likeness (QED) is 0.821. The molecule has 1 fully saturated rings. The highest BCUT2D eigenvalue weighted by atomic mass is 19.1. The smallest absolute Gasteiger partial charge is 0.317 e. The average molecular weight is 308 g/mol. The van der Waals surface area contributed by atoms with Crippen LogP contribution in [-0.2, 0) is 11.2 Å². The van der Waals surface area contributed by atoms with Gasteiger partial charge in [0.2, 0.25) is 0 Å². The second-order valence-electron chi connectivity index (χ2n) is 5.56. The number of rotatable bonds is 6. The van der Waals surface area contributed by atoms with Crippen molar-refractivity contribution >= 4 is 6.03 Å². The van der Waals surface area contributed by atoms with Gasteiger partial charge in [-0.05, 0) is 44.2 Å². The van der Waals surface area contributed by atoms with E-state index in [0.717, 1.165) is 32.5 Å². The van der Waals surface area contributed by atoms with Gasteiger partial charge in [0.1, 0.15) is 5.82 Å². The Morgan fingerprint density at radius 3 is 2.77 bits per heavy atom. The van der Waals surface area contributed by atoms with Gasteiger partial charge >= 0.3 is 6.03 Å². The highest BCUT2D eigenvalue weighted by Gasteiger charge is 2.23. The van der Waals surface area contributed by atoms with Gasteiger partial charge in [-0.15, -0.1) is 0 Å². The number of halogens is 1. The van der Waals surface area contributed by atoms with Gasteiger partial charge in [-0.2, -0.15) is 0 Å². The van der Waals surface area contributed by atoms with Crippen molar-refractivity contribution in [2.24, 2.45) is 0 Å². The van der Waals surface area contributed by atoms with Gasteiger partial charge in [0, 0.05) is 32.3 Å². The van der Waals surface area contributed by atoms with Crippen molar-refractivity contribution in [1.29, 1.82) is 0 Å². The molecule has 4 nitrogen and oxygen atoms in total. The third-order valence-electron chi connectivity index (χ3n) is 4.09. The first kappa shape index (κ1) is 16.7. The number of hydrogen-bond donors (Lipinski definition) is 1. The lowest BCUT2D eigenvalue weighted by atomic mass is 10.1. The van der Waals surface area contributed by atoms with Crippen molar-refractivity contribution < 1.29 is 13.9 Å². The van der Waals surface area contributed by atoms with Gasteiger partial charge in [-0.25, -0.2) is 9.18 Å². The minimum atomic E-state index is -0.175. The lowest BCUT2D eigenvalue weighted by molar-refractivity contribution is 0.0473. The van der Waals surface area contributed by atoms with Crippen LogP contribution in [0.15, 0.2) is 24.3 Å². The molecule has 122 valence electrons. The molecule has 0 saturated carbocycles. The second kappa shape index (κ2) is 8.73. The van der Waals surface area contributed by atoms with Crippen LogP contribution < -0.4 is 5.32 Å². The summed E-state index contributed by atoms with van der Waals surface area (Å²) < 4.78 is 18.8. The zero-order chi connectivity index (χ0) is 15.8. The summed E-state index contributed by atoms with van der Waals surface area (Å²) in [4.78, 5) is 14.1. The SMILES string of the molecule is CCN(C(=O)NCCCc1ccccc1F)C1CCOCC1. The fourth-order valence-corrected chi connectivity index (χ4v) is 2.84. The molecular formula is C17H25FN2O2. The first-order chi connectivity index (χ1) is 10.7. The molecule has 0 spiro atoms. The maximum absolute atomic E-state index is 13.5. The molecule has 1 saturated heterocycles. The number of urea groups is 1. The van der Waals surface area contributed by atoms with Gasteiger partial charge in [0.25, 0.3) is 0 Å². The Morgan fingerprint density at radius 2 is 2.09 bits per heavy atom. The standard InChI is InChI=1S/C17H25FN2O2/c1-2-20(15-9-12-22-13-10-15)17(21)19-11-5-7-14-6-3-4-8-16(14)18/h3-4,6,8,15H,2,5,7,9-13H2,1H3,(H,19,21). The van der Waals surface area contributed by atoms with E-state index in [0.29, 0.717) is 25.1 Å². The van der Waals surface area contributed by atoms with Crippen molar-refractivity contribution in [3.8, 4) is 0 Å². The molecule has 2 amide bonds. The van der Waals surface area contributed by atoms with Crippen LogP contribution in [0.1, 0.15) is 31.7 Å². The average Bonchev–Trinajstić information content (AvgIpc) is 2.55. The van der Waals surface area contributed by atoms with Crippen molar-refractivity contribution in [3.63, 3.8) is 0 Å². The molecule has 1 aliphatic rings. The van der Waals surface area contributed by atoms with E-state index in [9.17, 15) is 9.18 Å². The lowest BCUT2D eigenvalue weighted by Crippen LogP contribution is -2.48. The van der Waals surface area contributed by atoms with Crippen LogP contribution >= 0.6 is 0 Å². The summed E-state index contributed by atoms with van der Waals surface area (Å²) in [7, 11) is 0. The number of carbonyl (C=O) groups is 1. The maximum Gasteiger partial charge on any atom is 0.317 e. The van der Waals surface area contributed by atoms with Gasteiger partial charge in [-0.1, -0.05) is 18.2 Å². The number of nitrogens with zero attached hydrogens (tertiary/aromatic N) is 1. The van der Waals surface area contributed by atoms with E-state index in [1.807, 2.05) is 17.9 Å². The second-order valence-corrected chi connectivity index (χ2v) is 5.56. The molecule has 5 heteroatoms. The molecule has 2 rings (SSSR count). The van der Waals surface area contributed by atoms with E-state index >= 15 is 0 Å². The topological polar surface area (TPSA) is 41.6 Å². The molecule has 0 aliphatic carbocycles. The molecule has 0 unspecified atom stereocenters. The summed E-state index contributed by atoms with van der Waals surface area (Å²) in [5.74, 6) is -0.175. The molecule has 0 bridgehead atoms. The van der Waals surface area contributed by atoms with Crippen molar-refractivity contribution in [2.45, 2.75) is 38.6 Å². The molecule has 1 N–H and O–H groups in total. The third kappa shape index (κ3) is 4.70. The van der Waals surface area contributed by atoms with E-state index in [1.165, 1.54) is 6.07 Å². The number of ether oxygens (including phenoxy) is 1. The van der Waals surface area contributed by atoms with Crippen LogP contribution in [0.5, 0.6) is 0 Å². The minimum absolute atomic E-state index is 0.0251. The van der Waals surface area contributed by atoms with Crippen LogP contribution in [-0.4, -0.2) is 43.3 Å². The summed E-state index contributed by atoms with van der Waals surface area (Å²) in [5.41, 5.74) is 0.702. The Morgan fingerprint density at radius 1 is 1.36 bits per heavy atom. The molecular weight excluding hydrogens is 283 g/mol. The Balaban J connectivity index is 1.73. The number of amides is 2. The number of nitrogens with one attached hydrogen (secondary N) is 1. The lowest BCUT2D eigenvalue weighted by Gasteiger charge is -2.33. The van der Waals surface area contributed by atoms with E-state index in [4.69, 9.17) is 4.74 Å². The first-order valence-electron chi connectivity index (χ1n) is 8.08. The van der Waals surface area contributed by atoms with E-state index in [-0.39, 0.29) is 17.9 Å². The Labute approximate surface area is 131 Å². The van der Waals surface area contributed by atoms with E-state index in [2.05, 4.69) is 5.32 Å². The zero-order valence-corrected chi connectivity index (χ0v) is 13.2. The minimum Gasteiger partial charge on any atom is -0.381 e. The highest BCUT2D eigenvalue weighted by molar-refractivity contribution is 5.74. The van der Waals surface area contributed by atoms with Gasteiger partial charge < -0.3 is 15.0 Å². The summed E-state index contributed by atoms with van der Waals surface area (Å²) in [5, 5.41) is 2.94. The fraction of sp³-hybridized carbons (Fsp3) is 0.588. The maximum atomic E-state index is 13.5. The number of aryl methyl sites for hydroxylation is 1. The number of hydrogen-bond acceptors (Lipinski definition) is 2. The van der Waals surface area contributed by atoms with Crippen molar-refractivity contribution in [1.82, 2.24) is 10.2 Å². The van der Waals surface area contributed by atoms with Crippen LogP contribution in [0.3, 0.4) is 0 Å². The van der Waals surface area contributed by atoms with Crippen LogP contribution in [0, 0.1) is 5.82 Å². The summed E-state index contributed by atoms with van der Waals surface area (Å²) in [6.45, 7) is 4.70. The highest BCUT2D eigenvalue weighted by Crippen LogP contribution is 2.14. The van der Waals surface area contributed by atoms with Crippen molar-refractivity contribution in [2.75, 3.05) is 26.3 Å². The fourth-order valence-electron chi connectivity index (χ4n) is 2.84. The molecule has 1 aliphatic heterocycles. The van der Waals surface area contributed by atoms with Crippen LogP contribution in [0.4, 0.5) is 9.18 Å². The van der Waals surface area contributed by atoms with Gasteiger partial charge in [0.15, 0.2) is 0 Å². The third-order valence-corrected chi connectivity index (χ3v) is 4.09. The molecule has 1 aromatic carbocycles. The Bertz CT molecular complexity index is 475. The normalized spacial score (nSPS) is 15.5. The molecule has 1 heterocycles. The van der Waals surface area contributed by atoms with Gasteiger partial charge in [-0.3, -0.25) is 0 Å². The summed E-state index contributed by atoms with van der Waals surface area (Å²) in [6, 6.07) is 7.03. The molecule has 0 aromatic heterocycles. The summed E-state index contributed by atoms with van der Waals surface area (Å²) in [6.07, 6.45) is 3.17. The molecule has 0 atom stereocenters. The molecule has 22 heavy (non-hydrogen) atoms. The predicted octanol–water partition coefficient (Wildman–Crippen LogP) is 2.97. The monoisotopic (exact) mass is 308 g/mol. The van der Waals surface area contributed by atoms with E-state index < -0.39 is 0 Å². The number of carbonyl (C=O) groups excluding carboxylic acids is 1. The Hall–Kier alpha value is -1.62. The largest absolute Gasteiger partial charge is 0.381 e. The molecule has 0 radical (unpaired) electrons. The predicted molar refractivity (Wildman–Crippen MR) is 84.3 cm³/mol. The van der Waals surface area contributed by atoms with Crippen LogP contribution in [0.25, 0.3) is 0 Å². The van der Waals surface area contributed by atoms with Crippen LogP contribution in [0.2, 0.25) is 0 Å². The zero-order valence-electron chi connectivity index (χ0n) is 13.2. The van der Waals surface area contributed by atoms with E-state index in [1.54, 1.807) is 12.1 Å². The Kier molecular flexibility index (Phi) is 6.65. The van der Waals surface area contributed by atoms with Crippen molar-refractivity contribution in [3.05, 3.63) is 35.6 Å². The number of benzene rings is 1. The van der Waals surface area contributed by atoms with Gasteiger partial charge in [0.05, 0.1) is 0 Å². The summed E-state index contributed by atoms with van der Waals surface area (Å²) >= 11 is 0. The first-order valence-corrected chi connectivity index (χ1v) is 8.08. The molecule has 1 aromatic rings.